The number of nitrogens with one attached hydrogen (secondary N) is 1. The maximum absolute atomic E-state index is 11.8. The van der Waals surface area contributed by atoms with Gasteiger partial charge in [-0.25, -0.2) is 0 Å². The van der Waals surface area contributed by atoms with Crippen molar-refractivity contribution in [2.45, 2.75) is 57.9 Å². The van der Waals surface area contributed by atoms with E-state index >= 15 is 0 Å². The summed E-state index contributed by atoms with van der Waals surface area (Å²) >= 11 is 0. The molecule has 1 amide bonds. The van der Waals surface area contributed by atoms with E-state index in [4.69, 9.17) is 5.73 Å². The number of carbonyl (C=O) groups excluding carboxylic acids is 1. The molecule has 92 valence electrons. The topological polar surface area (TPSA) is 55.1 Å². The Kier molecular flexibility index (Phi) is 3.53. The van der Waals surface area contributed by atoms with Crippen LogP contribution in [0.4, 0.5) is 0 Å². The van der Waals surface area contributed by atoms with Crippen LogP contribution in [0.25, 0.3) is 0 Å². The molecule has 0 unspecified atom stereocenters. The molecule has 16 heavy (non-hydrogen) atoms. The number of amides is 1. The first-order valence-corrected chi connectivity index (χ1v) is 6.61. The highest BCUT2D eigenvalue weighted by molar-refractivity contribution is 5.76. The summed E-state index contributed by atoms with van der Waals surface area (Å²) in [5.74, 6) is 0.629. The van der Waals surface area contributed by atoms with Crippen molar-refractivity contribution in [3.05, 3.63) is 0 Å². The summed E-state index contributed by atoms with van der Waals surface area (Å²) in [4.78, 5) is 11.8. The second-order valence-corrected chi connectivity index (χ2v) is 6.00. The lowest BCUT2D eigenvalue weighted by Gasteiger charge is -2.38. The van der Waals surface area contributed by atoms with E-state index in [2.05, 4.69) is 12.2 Å². The Balaban J connectivity index is 1.68. The number of rotatable bonds is 4. The smallest absolute Gasteiger partial charge is 0.220 e. The average Bonchev–Trinajstić information content (AvgIpc) is 2.59. The van der Waals surface area contributed by atoms with E-state index in [1.165, 1.54) is 25.7 Å². The fraction of sp³-hybridized carbons (Fsp3) is 0.923. The number of hydrogen-bond acceptors (Lipinski definition) is 2. The normalized spacial score (nSPS) is 32.1. The molecule has 0 bridgehead atoms. The van der Waals surface area contributed by atoms with E-state index in [1.807, 2.05) is 0 Å². The molecule has 3 heteroatoms. The van der Waals surface area contributed by atoms with Gasteiger partial charge < -0.3 is 11.1 Å². The highest BCUT2D eigenvalue weighted by Crippen LogP contribution is 2.39. The van der Waals surface area contributed by atoms with E-state index in [0.29, 0.717) is 17.8 Å². The van der Waals surface area contributed by atoms with Gasteiger partial charge in [-0.3, -0.25) is 4.79 Å². The Labute approximate surface area is 98.2 Å². The van der Waals surface area contributed by atoms with Crippen molar-refractivity contribution in [1.29, 1.82) is 0 Å². The van der Waals surface area contributed by atoms with Gasteiger partial charge in [0.15, 0.2) is 0 Å². The number of hydrogen-bond donors (Lipinski definition) is 2. The molecule has 0 saturated heterocycles. The third-order valence-corrected chi connectivity index (χ3v) is 4.44. The zero-order chi connectivity index (χ0) is 11.6. The molecule has 0 radical (unpaired) electrons. The third-order valence-electron chi connectivity index (χ3n) is 4.44. The van der Waals surface area contributed by atoms with Gasteiger partial charge in [0.05, 0.1) is 0 Å². The Bertz CT molecular complexity index is 261. The van der Waals surface area contributed by atoms with Crippen LogP contribution < -0.4 is 11.1 Å². The molecule has 0 aromatic heterocycles. The summed E-state index contributed by atoms with van der Waals surface area (Å²) in [6.45, 7) is 3.12. The predicted molar refractivity (Wildman–Crippen MR) is 64.9 cm³/mol. The lowest BCUT2D eigenvalue weighted by atomic mass is 9.70. The van der Waals surface area contributed by atoms with Crippen LogP contribution in [0.15, 0.2) is 0 Å². The standard InChI is InChI=1S/C13H24N2O/c1-13(6-3-7-13)9-15-12(16)8-10-4-2-5-11(10)14/h10-11H,2-9,14H2,1H3,(H,15,16)/t10-,11+/m0/s1. The average molecular weight is 224 g/mol. The van der Waals surface area contributed by atoms with Gasteiger partial charge in [-0.05, 0) is 37.0 Å². The second kappa shape index (κ2) is 4.74. The first-order valence-electron chi connectivity index (χ1n) is 6.61. The highest BCUT2D eigenvalue weighted by Gasteiger charge is 2.32. The minimum absolute atomic E-state index is 0.204. The maximum atomic E-state index is 11.8. The van der Waals surface area contributed by atoms with Crippen LogP contribution in [0, 0.1) is 11.3 Å². The fourth-order valence-electron chi connectivity index (χ4n) is 2.90. The molecule has 2 rings (SSSR count). The van der Waals surface area contributed by atoms with Crippen LogP contribution in [0.3, 0.4) is 0 Å². The van der Waals surface area contributed by atoms with E-state index < -0.39 is 0 Å². The predicted octanol–water partition coefficient (Wildman–Crippen LogP) is 1.81. The first-order chi connectivity index (χ1) is 7.59. The highest BCUT2D eigenvalue weighted by atomic mass is 16.1. The van der Waals surface area contributed by atoms with E-state index in [1.54, 1.807) is 0 Å². The number of carbonyl (C=O) groups is 1. The van der Waals surface area contributed by atoms with Gasteiger partial charge in [0.25, 0.3) is 0 Å². The molecule has 0 spiro atoms. The van der Waals surface area contributed by atoms with Crippen molar-refractivity contribution >= 4 is 5.91 Å². The summed E-state index contributed by atoms with van der Waals surface area (Å²) in [5, 5.41) is 3.08. The Hall–Kier alpha value is -0.570. The Morgan fingerprint density at radius 3 is 2.62 bits per heavy atom. The van der Waals surface area contributed by atoms with Crippen LogP contribution in [0.1, 0.15) is 51.9 Å². The molecule has 2 aliphatic rings. The van der Waals surface area contributed by atoms with E-state index in [-0.39, 0.29) is 11.9 Å². The molecule has 0 aromatic rings. The lowest BCUT2D eigenvalue weighted by molar-refractivity contribution is -0.122. The molecule has 0 aromatic carbocycles. The summed E-state index contributed by atoms with van der Waals surface area (Å²) in [5.41, 5.74) is 6.35. The molecule has 0 heterocycles. The summed E-state index contributed by atoms with van der Waals surface area (Å²) in [6.07, 6.45) is 7.89. The van der Waals surface area contributed by atoms with Gasteiger partial charge in [-0.15, -0.1) is 0 Å². The fourth-order valence-corrected chi connectivity index (χ4v) is 2.90. The van der Waals surface area contributed by atoms with Crippen LogP contribution in [0.2, 0.25) is 0 Å². The summed E-state index contributed by atoms with van der Waals surface area (Å²) in [6, 6.07) is 0.255. The van der Waals surface area contributed by atoms with Crippen molar-refractivity contribution < 1.29 is 4.79 Å². The van der Waals surface area contributed by atoms with Crippen LogP contribution in [-0.4, -0.2) is 18.5 Å². The molecular weight excluding hydrogens is 200 g/mol. The minimum atomic E-state index is 0.204. The van der Waals surface area contributed by atoms with Crippen LogP contribution in [-0.2, 0) is 4.79 Å². The third kappa shape index (κ3) is 2.76. The van der Waals surface area contributed by atoms with Crippen molar-refractivity contribution in [3.63, 3.8) is 0 Å². The van der Waals surface area contributed by atoms with Gasteiger partial charge >= 0.3 is 0 Å². The molecule has 2 atom stereocenters. The SMILES string of the molecule is CC1(CNC(=O)C[C@@H]2CCC[C@H]2N)CCC1. The molecule has 2 saturated carbocycles. The van der Waals surface area contributed by atoms with E-state index in [9.17, 15) is 4.79 Å². The molecular formula is C13H24N2O. The van der Waals surface area contributed by atoms with Gasteiger partial charge in [-0.1, -0.05) is 19.8 Å². The van der Waals surface area contributed by atoms with Crippen LogP contribution >= 0.6 is 0 Å². The zero-order valence-corrected chi connectivity index (χ0v) is 10.3. The van der Waals surface area contributed by atoms with Gasteiger partial charge in [0.1, 0.15) is 0 Å². The van der Waals surface area contributed by atoms with E-state index in [0.717, 1.165) is 19.4 Å². The van der Waals surface area contributed by atoms with Gasteiger partial charge in [0, 0.05) is 19.0 Å². The van der Waals surface area contributed by atoms with Crippen molar-refractivity contribution in [3.8, 4) is 0 Å². The molecule has 3 N–H and O–H groups in total. The Morgan fingerprint density at radius 1 is 1.38 bits per heavy atom. The van der Waals surface area contributed by atoms with Crippen LogP contribution in [0.5, 0.6) is 0 Å². The van der Waals surface area contributed by atoms with Gasteiger partial charge in [-0.2, -0.15) is 0 Å². The molecule has 3 nitrogen and oxygen atoms in total. The van der Waals surface area contributed by atoms with Crippen molar-refractivity contribution in [2.24, 2.45) is 17.1 Å². The van der Waals surface area contributed by atoms with Gasteiger partial charge in [0.2, 0.25) is 5.91 Å². The van der Waals surface area contributed by atoms with Crippen molar-refractivity contribution in [2.75, 3.05) is 6.54 Å². The zero-order valence-electron chi connectivity index (χ0n) is 10.3. The minimum Gasteiger partial charge on any atom is -0.356 e. The largest absolute Gasteiger partial charge is 0.356 e. The second-order valence-electron chi connectivity index (χ2n) is 6.00. The monoisotopic (exact) mass is 224 g/mol. The molecule has 2 fully saturated rings. The molecule has 2 aliphatic carbocycles. The first kappa shape index (κ1) is 11.9. The Morgan fingerprint density at radius 2 is 2.12 bits per heavy atom. The van der Waals surface area contributed by atoms with Crippen molar-refractivity contribution in [1.82, 2.24) is 5.32 Å². The number of nitrogens with two attached hydrogens (primary N) is 1. The lowest BCUT2D eigenvalue weighted by Crippen LogP contribution is -2.41. The maximum Gasteiger partial charge on any atom is 0.220 e. The summed E-state index contributed by atoms with van der Waals surface area (Å²) < 4.78 is 0. The summed E-state index contributed by atoms with van der Waals surface area (Å²) in [7, 11) is 0. The molecule has 0 aliphatic heterocycles. The quantitative estimate of drug-likeness (QED) is 0.765.